The van der Waals surface area contributed by atoms with Gasteiger partial charge >= 0.3 is 5.97 Å². The molecule has 0 fully saturated rings. The molecular weight excluding hydrogens is 441 g/mol. The zero-order valence-electron chi connectivity index (χ0n) is 18.6. The number of rotatable bonds is 10. The molecule has 0 unspecified atom stereocenters. The molecule has 7 heteroatoms. The third-order valence-corrected chi connectivity index (χ3v) is 5.63. The third-order valence-electron chi connectivity index (χ3n) is 4.74. The maximum Gasteiger partial charge on any atom is 0.341 e. The molecule has 1 N–H and O–H groups in total. The first-order valence-electron chi connectivity index (χ1n) is 10.8. The van der Waals surface area contributed by atoms with Crippen molar-refractivity contribution in [3.8, 4) is 16.9 Å². The molecule has 0 radical (unpaired) electrons. The highest BCUT2D eigenvalue weighted by Crippen LogP contribution is 2.36. The smallest absolute Gasteiger partial charge is 0.341 e. The van der Waals surface area contributed by atoms with Crippen LogP contribution in [0.5, 0.6) is 5.75 Å². The summed E-state index contributed by atoms with van der Waals surface area (Å²) in [6.07, 6.45) is 5.16. The van der Waals surface area contributed by atoms with Crippen LogP contribution in [-0.4, -0.2) is 25.1 Å². The molecule has 0 aliphatic carbocycles. The van der Waals surface area contributed by atoms with Crippen LogP contribution < -0.4 is 10.1 Å². The first-order valence-corrected chi connectivity index (χ1v) is 11.7. The molecule has 3 rings (SSSR count). The number of carbonyl (C=O) groups excluding carboxylic acids is 2. The molecule has 33 heavy (non-hydrogen) atoms. The molecular formula is C26H26FNO4S. The van der Waals surface area contributed by atoms with Gasteiger partial charge in [0.25, 0.3) is 0 Å². The number of thiophene rings is 1. The van der Waals surface area contributed by atoms with Gasteiger partial charge in [0, 0.05) is 17.0 Å². The van der Waals surface area contributed by atoms with Gasteiger partial charge in [0.1, 0.15) is 22.1 Å². The quantitative estimate of drug-likeness (QED) is 0.208. The van der Waals surface area contributed by atoms with Gasteiger partial charge in [0.2, 0.25) is 5.91 Å². The Kier molecular flexibility index (Phi) is 8.78. The van der Waals surface area contributed by atoms with Crippen LogP contribution in [0.1, 0.15) is 42.6 Å². The molecule has 0 saturated heterocycles. The van der Waals surface area contributed by atoms with Gasteiger partial charge in [-0.1, -0.05) is 37.6 Å². The lowest BCUT2D eigenvalue weighted by molar-refractivity contribution is -0.111. The van der Waals surface area contributed by atoms with E-state index in [1.54, 1.807) is 30.5 Å². The van der Waals surface area contributed by atoms with Crippen molar-refractivity contribution in [3.63, 3.8) is 0 Å². The van der Waals surface area contributed by atoms with E-state index in [1.165, 1.54) is 29.5 Å². The molecule has 0 aliphatic rings. The minimum atomic E-state index is -0.545. The summed E-state index contributed by atoms with van der Waals surface area (Å²) in [6, 6.07) is 13.3. The number of hydrogen-bond acceptors (Lipinski definition) is 5. The normalized spacial score (nSPS) is 10.9. The number of nitrogens with one attached hydrogen (secondary N) is 1. The van der Waals surface area contributed by atoms with Crippen molar-refractivity contribution in [1.82, 2.24) is 0 Å². The summed E-state index contributed by atoms with van der Waals surface area (Å²) in [4.78, 5) is 25.1. The van der Waals surface area contributed by atoms with Crippen LogP contribution in [0.3, 0.4) is 0 Å². The Morgan fingerprint density at radius 2 is 1.79 bits per heavy atom. The maximum atomic E-state index is 13.3. The Morgan fingerprint density at radius 1 is 1.06 bits per heavy atom. The molecule has 0 spiro atoms. The van der Waals surface area contributed by atoms with E-state index in [0.717, 1.165) is 24.2 Å². The number of halogens is 1. The molecule has 2 aromatic carbocycles. The Bertz CT molecular complexity index is 1100. The van der Waals surface area contributed by atoms with Crippen molar-refractivity contribution in [2.75, 3.05) is 18.5 Å². The Hall–Kier alpha value is -3.45. The van der Waals surface area contributed by atoms with E-state index in [-0.39, 0.29) is 23.9 Å². The highest BCUT2D eigenvalue weighted by molar-refractivity contribution is 7.15. The van der Waals surface area contributed by atoms with Crippen molar-refractivity contribution in [1.29, 1.82) is 0 Å². The number of amides is 1. The second-order valence-electron chi connectivity index (χ2n) is 7.17. The highest BCUT2D eigenvalue weighted by atomic mass is 32.1. The molecule has 0 saturated carbocycles. The van der Waals surface area contributed by atoms with Crippen LogP contribution in [0.2, 0.25) is 0 Å². The lowest BCUT2D eigenvalue weighted by Gasteiger charge is -2.08. The number of unbranched alkanes of at least 4 members (excludes halogenated alkanes) is 1. The lowest BCUT2D eigenvalue weighted by Crippen LogP contribution is -2.12. The van der Waals surface area contributed by atoms with Crippen LogP contribution in [0.25, 0.3) is 17.2 Å². The molecule has 1 aromatic heterocycles. The third kappa shape index (κ3) is 6.76. The first kappa shape index (κ1) is 24.2. The van der Waals surface area contributed by atoms with Crippen LogP contribution in [0, 0.1) is 5.82 Å². The number of benzene rings is 2. The molecule has 0 bridgehead atoms. The Balaban J connectivity index is 1.73. The van der Waals surface area contributed by atoms with Gasteiger partial charge in [-0.05, 0) is 54.8 Å². The fourth-order valence-corrected chi connectivity index (χ4v) is 3.99. The van der Waals surface area contributed by atoms with Gasteiger partial charge < -0.3 is 14.8 Å². The maximum absolute atomic E-state index is 13.3. The topological polar surface area (TPSA) is 64.6 Å². The van der Waals surface area contributed by atoms with Crippen LogP contribution in [-0.2, 0) is 9.53 Å². The molecule has 172 valence electrons. The summed E-state index contributed by atoms with van der Waals surface area (Å²) >= 11 is 1.21. The molecule has 1 heterocycles. The number of anilines is 1. The molecule has 3 aromatic rings. The van der Waals surface area contributed by atoms with Gasteiger partial charge in [-0.3, -0.25) is 4.79 Å². The predicted octanol–water partition coefficient (Wildman–Crippen LogP) is 6.56. The minimum Gasteiger partial charge on any atom is -0.494 e. The van der Waals surface area contributed by atoms with Crippen molar-refractivity contribution < 1.29 is 23.5 Å². The summed E-state index contributed by atoms with van der Waals surface area (Å²) < 4.78 is 24.1. The van der Waals surface area contributed by atoms with E-state index >= 15 is 0 Å². The highest BCUT2D eigenvalue weighted by Gasteiger charge is 2.22. The second kappa shape index (κ2) is 12.0. The summed E-state index contributed by atoms with van der Waals surface area (Å²) in [7, 11) is 0. The van der Waals surface area contributed by atoms with E-state index in [2.05, 4.69) is 12.2 Å². The van der Waals surface area contributed by atoms with Crippen LogP contribution >= 0.6 is 11.3 Å². The molecule has 5 nitrogen and oxygen atoms in total. The van der Waals surface area contributed by atoms with Gasteiger partial charge in [-0.25, -0.2) is 9.18 Å². The van der Waals surface area contributed by atoms with Crippen molar-refractivity contribution in [3.05, 3.63) is 76.9 Å². The predicted molar refractivity (Wildman–Crippen MR) is 130 cm³/mol. The van der Waals surface area contributed by atoms with Gasteiger partial charge in [0.15, 0.2) is 0 Å². The number of hydrogen-bond donors (Lipinski definition) is 1. The molecule has 0 aliphatic heterocycles. The number of esters is 1. The number of carbonyl (C=O) groups is 2. The Labute approximate surface area is 196 Å². The Morgan fingerprint density at radius 3 is 2.45 bits per heavy atom. The van der Waals surface area contributed by atoms with Gasteiger partial charge in [0.05, 0.1) is 13.2 Å². The standard InChI is InChI=1S/C26H26FNO4S/c1-3-5-16-32-21-13-6-18(7-14-21)8-15-23(29)28-25-24(26(30)31-4-2)22(17-33-25)19-9-11-20(27)12-10-19/h6-15,17H,3-5,16H2,1-2H3,(H,28,29)/b15-8+. The summed E-state index contributed by atoms with van der Waals surface area (Å²) in [5.41, 5.74) is 2.34. The summed E-state index contributed by atoms with van der Waals surface area (Å²) in [5, 5.41) is 4.88. The summed E-state index contributed by atoms with van der Waals surface area (Å²) in [6.45, 7) is 4.70. The zero-order chi connectivity index (χ0) is 23.6. The van der Waals surface area contributed by atoms with Gasteiger partial charge in [-0.2, -0.15) is 0 Å². The van der Waals surface area contributed by atoms with E-state index in [4.69, 9.17) is 9.47 Å². The monoisotopic (exact) mass is 467 g/mol. The fourth-order valence-electron chi connectivity index (χ4n) is 3.03. The molecule has 1 amide bonds. The SMILES string of the molecule is CCCCOc1ccc(/C=C/C(=O)Nc2scc(-c3ccc(F)cc3)c2C(=O)OCC)cc1. The lowest BCUT2D eigenvalue weighted by atomic mass is 10.0. The van der Waals surface area contributed by atoms with Crippen molar-refractivity contribution in [2.45, 2.75) is 26.7 Å². The van der Waals surface area contributed by atoms with E-state index in [0.29, 0.717) is 22.7 Å². The van der Waals surface area contributed by atoms with E-state index in [9.17, 15) is 14.0 Å². The molecule has 0 atom stereocenters. The largest absolute Gasteiger partial charge is 0.494 e. The van der Waals surface area contributed by atoms with Gasteiger partial charge in [-0.15, -0.1) is 11.3 Å². The average Bonchev–Trinajstić information content (AvgIpc) is 3.23. The first-order chi connectivity index (χ1) is 16.0. The zero-order valence-corrected chi connectivity index (χ0v) is 19.4. The van der Waals surface area contributed by atoms with Crippen LogP contribution in [0.4, 0.5) is 9.39 Å². The second-order valence-corrected chi connectivity index (χ2v) is 8.05. The number of ether oxygens (including phenoxy) is 2. The minimum absolute atomic E-state index is 0.197. The average molecular weight is 468 g/mol. The fraction of sp³-hybridized carbons (Fsp3) is 0.231. The summed E-state index contributed by atoms with van der Waals surface area (Å²) in [5.74, 6) is -0.505. The van der Waals surface area contributed by atoms with Crippen LogP contribution in [0.15, 0.2) is 60.0 Å². The van der Waals surface area contributed by atoms with E-state index in [1.807, 2.05) is 24.3 Å². The van der Waals surface area contributed by atoms with Crippen molar-refractivity contribution >= 4 is 34.3 Å². The van der Waals surface area contributed by atoms with Crippen molar-refractivity contribution in [2.24, 2.45) is 0 Å². The van der Waals surface area contributed by atoms with E-state index < -0.39 is 5.97 Å².